The maximum Gasteiger partial charge on any atom is 0.408 e. The smallest absolute Gasteiger partial charge is 0.408 e. The number of amides is 1. The summed E-state index contributed by atoms with van der Waals surface area (Å²) in [7, 11) is 1.58. The van der Waals surface area contributed by atoms with Crippen molar-refractivity contribution in [1.29, 1.82) is 0 Å². The Kier molecular flexibility index (Phi) is 7.90. The lowest BCUT2D eigenvalue weighted by Crippen LogP contribution is -2.36. The fourth-order valence-electron chi connectivity index (χ4n) is 3.49. The number of methoxy groups -OCH3 is 1. The maximum atomic E-state index is 12.1. The van der Waals surface area contributed by atoms with Gasteiger partial charge in [0.2, 0.25) is 0 Å². The molecule has 0 aliphatic carbocycles. The van der Waals surface area contributed by atoms with E-state index in [2.05, 4.69) is 0 Å². The molecule has 0 spiro atoms. The average molecular weight is 421 g/mol. The molecule has 1 unspecified atom stereocenters. The van der Waals surface area contributed by atoms with E-state index in [0.29, 0.717) is 37.6 Å². The summed E-state index contributed by atoms with van der Waals surface area (Å²) < 4.78 is 11.5. The lowest BCUT2D eigenvalue weighted by Gasteiger charge is -2.30. The van der Waals surface area contributed by atoms with Crippen molar-refractivity contribution in [3.8, 4) is 11.5 Å². The van der Waals surface area contributed by atoms with Crippen molar-refractivity contribution in [2.45, 2.75) is 19.1 Å². The second kappa shape index (κ2) is 11.0. The molecule has 3 aromatic carbocycles. The van der Waals surface area contributed by atoms with Gasteiger partial charge in [-0.05, 0) is 41.8 Å². The fraction of sp³-hybridized carbons (Fsp3) is 0.240. The molecule has 0 aromatic heterocycles. The quantitative estimate of drug-likeness (QED) is 0.497. The van der Waals surface area contributed by atoms with E-state index in [4.69, 9.17) is 15.2 Å². The van der Waals surface area contributed by atoms with Gasteiger partial charge >= 0.3 is 6.09 Å². The highest BCUT2D eigenvalue weighted by atomic mass is 16.5. The van der Waals surface area contributed by atoms with Crippen molar-refractivity contribution in [3.63, 3.8) is 0 Å². The van der Waals surface area contributed by atoms with Gasteiger partial charge in [0.05, 0.1) is 13.2 Å². The zero-order valence-corrected chi connectivity index (χ0v) is 17.6. The van der Waals surface area contributed by atoms with Crippen molar-refractivity contribution in [2.24, 2.45) is 5.73 Å². The largest absolute Gasteiger partial charge is 0.493 e. The summed E-state index contributed by atoms with van der Waals surface area (Å²) in [6.07, 6.45) is -0.420. The van der Waals surface area contributed by atoms with Crippen LogP contribution in [0.25, 0.3) is 0 Å². The second-order valence-electron chi connectivity index (χ2n) is 7.12. The van der Waals surface area contributed by atoms with Crippen molar-refractivity contribution in [1.82, 2.24) is 4.90 Å². The molecule has 6 heteroatoms. The number of ether oxygens (including phenoxy) is 2. The van der Waals surface area contributed by atoms with E-state index in [1.807, 2.05) is 78.9 Å². The molecule has 3 rings (SSSR count). The highest BCUT2D eigenvalue weighted by Crippen LogP contribution is 2.36. The third-order valence-corrected chi connectivity index (χ3v) is 5.02. The van der Waals surface area contributed by atoms with Crippen LogP contribution < -0.4 is 15.2 Å². The standard InChI is InChI=1S/C25H28N2O4/c1-30-23-17-21(13-14-22(23)31-18-19-9-4-2-5-10-19)24(20-11-6-3-7-12-20)27(25(28)29)16-8-15-26/h2-7,9-14,17,24H,8,15-16,18,26H2,1H3,(H,28,29). The lowest BCUT2D eigenvalue weighted by molar-refractivity contribution is 0.132. The number of nitrogens with two attached hydrogens (primary N) is 1. The molecule has 3 aromatic rings. The van der Waals surface area contributed by atoms with Crippen molar-refractivity contribution < 1.29 is 19.4 Å². The molecule has 162 valence electrons. The van der Waals surface area contributed by atoms with Crippen molar-refractivity contribution >= 4 is 6.09 Å². The zero-order valence-electron chi connectivity index (χ0n) is 17.6. The number of hydrogen-bond acceptors (Lipinski definition) is 4. The van der Waals surface area contributed by atoms with Crippen LogP contribution in [0.1, 0.15) is 29.2 Å². The number of benzene rings is 3. The number of carboxylic acid groups (broad SMARTS) is 1. The van der Waals surface area contributed by atoms with E-state index in [0.717, 1.165) is 16.7 Å². The third-order valence-electron chi connectivity index (χ3n) is 5.02. The Morgan fingerprint density at radius 2 is 1.65 bits per heavy atom. The van der Waals surface area contributed by atoms with Crippen LogP contribution in [0.2, 0.25) is 0 Å². The van der Waals surface area contributed by atoms with Crippen LogP contribution in [-0.4, -0.2) is 36.3 Å². The normalized spacial score (nSPS) is 11.5. The summed E-state index contributed by atoms with van der Waals surface area (Å²) in [4.78, 5) is 13.5. The van der Waals surface area contributed by atoms with Gasteiger partial charge in [0, 0.05) is 6.54 Å². The molecule has 0 heterocycles. The minimum Gasteiger partial charge on any atom is -0.493 e. The topological polar surface area (TPSA) is 85.0 Å². The molecule has 6 nitrogen and oxygen atoms in total. The first-order valence-electron chi connectivity index (χ1n) is 10.2. The molecule has 1 amide bonds. The Bertz CT molecular complexity index is 964. The molecule has 1 atom stereocenters. The molecular formula is C25H28N2O4. The summed E-state index contributed by atoms with van der Waals surface area (Å²) in [6.45, 7) is 1.16. The van der Waals surface area contributed by atoms with Gasteiger partial charge < -0.3 is 20.3 Å². The van der Waals surface area contributed by atoms with E-state index < -0.39 is 12.1 Å². The summed E-state index contributed by atoms with van der Waals surface area (Å²) in [5, 5.41) is 9.91. The molecule has 0 saturated carbocycles. The van der Waals surface area contributed by atoms with Crippen molar-refractivity contribution in [3.05, 3.63) is 95.6 Å². The third kappa shape index (κ3) is 5.77. The highest BCUT2D eigenvalue weighted by molar-refractivity contribution is 5.67. The minimum atomic E-state index is -0.995. The molecule has 0 bridgehead atoms. The van der Waals surface area contributed by atoms with E-state index in [1.54, 1.807) is 7.11 Å². The SMILES string of the molecule is COc1cc(C(c2ccccc2)N(CCCN)C(=O)O)ccc1OCc1ccccc1. The van der Waals surface area contributed by atoms with Crippen molar-refractivity contribution in [2.75, 3.05) is 20.2 Å². The Hall–Kier alpha value is -3.51. The van der Waals surface area contributed by atoms with Gasteiger partial charge in [0.1, 0.15) is 6.61 Å². The van der Waals surface area contributed by atoms with Gasteiger partial charge in [-0.25, -0.2) is 4.79 Å². The molecule has 0 saturated heterocycles. The summed E-state index contributed by atoms with van der Waals surface area (Å²) in [5.74, 6) is 1.16. The Labute approximate surface area is 182 Å². The number of rotatable bonds is 10. The van der Waals surface area contributed by atoms with Gasteiger partial charge in [0.25, 0.3) is 0 Å². The molecule has 31 heavy (non-hydrogen) atoms. The first-order valence-corrected chi connectivity index (χ1v) is 10.2. The van der Waals surface area contributed by atoms with Gasteiger partial charge in [-0.3, -0.25) is 4.90 Å². The van der Waals surface area contributed by atoms with Crippen LogP contribution in [0.3, 0.4) is 0 Å². The Balaban J connectivity index is 1.93. The predicted molar refractivity (Wildman–Crippen MR) is 120 cm³/mol. The van der Waals surface area contributed by atoms with Crippen LogP contribution in [0.5, 0.6) is 11.5 Å². The van der Waals surface area contributed by atoms with Crippen LogP contribution in [0.4, 0.5) is 4.79 Å². The van der Waals surface area contributed by atoms with Gasteiger partial charge in [-0.15, -0.1) is 0 Å². The molecule has 0 aliphatic heterocycles. The molecule has 3 N–H and O–H groups in total. The van der Waals surface area contributed by atoms with Gasteiger partial charge in [0.15, 0.2) is 11.5 Å². The number of nitrogens with zero attached hydrogens (tertiary/aromatic N) is 1. The molecule has 0 aliphatic rings. The first kappa shape index (κ1) is 22.2. The summed E-state index contributed by atoms with van der Waals surface area (Å²) in [6, 6.07) is 24.5. The lowest BCUT2D eigenvalue weighted by atomic mass is 9.96. The average Bonchev–Trinajstić information content (AvgIpc) is 2.81. The predicted octanol–water partition coefficient (Wildman–Crippen LogP) is 4.69. The van der Waals surface area contributed by atoms with E-state index >= 15 is 0 Å². The zero-order chi connectivity index (χ0) is 22.1. The summed E-state index contributed by atoms with van der Waals surface area (Å²) in [5.41, 5.74) is 8.37. The number of hydrogen-bond donors (Lipinski definition) is 2. The summed E-state index contributed by atoms with van der Waals surface area (Å²) >= 11 is 0. The molecule has 0 fully saturated rings. The van der Waals surface area contributed by atoms with Crippen LogP contribution in [-0.2, 0) is 6.61 Å². The Morgan fingerprint density at radius 3 is 2.26 bits per heavy atom. The molecular weight excluding hydrogens is 392 g/mol. The molecule has 0 radical (unpaired) electrons. The monoisotopic (exact) mass is 420 g/mol. The van der Waals surface area contributed by atoms with E-state index in [9.17, 15) is 9.90 Å². The maximum absolute atomic E-state index is 12.1. The van der Waals surface area contributed by atoms with Crippen LogP contribution in [0, 0.1) is 0 Å². The first-order chi connectivity index (χ1) is 15.1. The minimum absolute atomic E-state index is 0.333. The second-order valence-corrected chi connectivity index (χ2v) is 7.12. The Morgan fingerprint density at radius 1 is 0.968 bits per heavy atom. The highest BCUT2D eigenvalue weighted by Gasteiger charge is 2.27. The van der Waals surface area contributed by atoms with Gasteiger partial charge in [-0.2, -0.15) is 0 Å². The fourth-order valence-corrected chi connectivity index (χ4v) is 3.49. The van der Waals surface area contributed by atoms with Crippen LogP contribution in [0.15, 0.2) is 78.9 Å². The van der Waals surface area contributed by atoms with E-state index in [-0.39, 0.29) is 0 Å². The van der Waals surface area contributed by atoms with E-state index in [1.165, 1.54) is 4.90 Å². The van der Waals surface area contributed by atoms with Crippen LogP contribution >= 0.6 is 0 Å². The van der Waals surface area contributed by atoms with Gasteiger partial charge in [-0.1, -0.05) is 66.7 Å². The number of carbonyl (C=O) groups is 1.